The van der Waals surface area contributed by atoms with Gasteiger partial charge in [0.15, 0.2) is 0 Å². The van der Waals surface area contributed by atoms with E-state index >= 15 is 0 Å². The van der Waals surface area contributed by atoms with E-state index in [1.807, 2.05) is 21.1 Å². The van der Waals surface area contributed by atoms with Gasteiger partial charge in [-0.25, -0.2) is 0 Å². The van der Waals surface area contributed by atoms with E-state index in [-0.39, 0.29) is 11.3 Å². The van der Waals surface area contributed by atoms with Crippen LogP contribution in [-0.4, -0.2) is 42.9 Å². The van der Waals surface area contributed by atoms with Crippen molar-refractivity contribution in [2.24, 2.45) is 0 Å². The maximum atomic E-state index is 3.39. The molecule has 0 bridgehead atoms. The van der Waals surface area contributed by atoms with Crippen molar-refractivity contribution >= 4 is 10.4 Å². The molecule has 74 valence electrons. The van der Waals surface area contributed by atoms with Crippen LogP contribution in [0, 0.1) is 0 Å². The maximum absolute atomic E-state index is 3.39. The molecule has 0 aliphatic rings. The fourth-order valence-corrected chi connectivity index (χ4v) is 1.88. The lowest BCUT2D eigenvalue weighted by molar-refractivity contribution is 0.125. The zero-order valence-electron chi connectivity index (χ0n) is 9.00. The zero-order valence-corrected chi connectivity index (χ0v) is 11.0. The second kappa shape index (κ2) is 4.34. The predicted octanol–water partition coefficient (Wildman–Crippen LogP) is -2.05. The second-order valence-corrected chi connectivity index (χ2v) is 3.88. The molecule has 0 aliphatic heterocycles. The molecule has 0 saturated heterocycles. The summed E-state index contributed by atoms with van der Waals surface area (Å²) in [6.07, 6.45) is 0. The summed E-state index contributed by atoms with van der Waals surface area (Å²) < 4.78 is 0. The van der Waals surface area contributed by atoms with Crippen molar-refractivity contribution in [2.75, 3.05) is 21.1 Å². The predicted molar refractivity (Wildman–Crippen MR) is 57.1 cm³/mol. The van der Waals surface area contributed by atoms with Gasteiger partial charge in [-0.15, -0.1) is 0 Å². The molecule has 0 radical (unpaired) electrons. The minimum absolute atomic E-state index is 0.0164. The molecule has 4 N–H and O–H groups in total. The summed E-state index contributed by atoms with van der Waals surface area (Å²) >= 11 is 0. The highest BCUT2D eigenvalue weighted by atomic mass is 28.2. The van der Waals surface area contributed by atoms with Crippen molar-refractivity contribution in [3.8, 4) is 0 Å². The molecule has 12 heavy (non-hydrogen) atoms. The van der Waals surface area contributed by atoms with Crippen LogP contribution in [0.15, 0.2) is 0 Å². The van der Waals surface area contributed by atoms with E-state index in [2.05, 4.69) is 34.8 Å². The molecule has 0 spiro atoms. The quantitative estimate of drug-likeness (QED) is 0.298. The monoisotopic (exact) mass is 190 g/mol. The van der Waals surface area contributed by atoms with Crippen LogP contribution in [0.5, 0.6) is 0 Å². The minimum Gasteiger partial charge on any atom is -0.337 e. The molecule has 0 rings (SSSR count). The van der Waals surface area contributed by atoms with Gasteiger partial charge >= 0.3 is 0 Å². The molecule has 0 aromatic rings. The Balaban J connectivity index is 4.69. The average molecular weight is 190 g/mol. The number of nitrogens with one attached hydrogen (secondary N) is 4. The van der Waals surface area contributed by atoms with Crippen LogP contribution in [0.1, 0.15) is 13.8 Å². The summed E-state index contributed by atoms with van der Waals surface area (Å²) in [5.41, 5.74) is -0.0164. The minimum atomic E-state index is -0.255. The highest BCUT2D eigenvalue weighted by Gasteiger charge is 2.40. The van der Waals surface area contributed by atoms with Crippen molar-refractivity contribution in [3.63, 3.8) is 0 Å². The molecule has 0 saturated carbocycles. The van der Waals surface area contributed by atoms with Crippen molar-refractivity contribution in [2.45, 2.75) is 25.2 Å². The van der Waals surface area contributed by atoms with E-state index in [1.54, 1.807) is 0 Å². The molecule has 0 aromatic heterocycles. The first kappa shape index (κ1) is 12.1. The Morgan fingerprint density at radius 2 is 1.25 bits per heavy atom. The number of hydrogen-bond donors (Lipinski definition) is 4. The summed E-state index contributed by atoms with van der Waals surface area (Å²) in [5, 5.41) is 9.73. The zero-order chi connectivity index (χ0) is 9.83. The van der Waals surface area contributed by atoms with Gasteiger partial charge in [0.1, 0.15) is 5.79 Å². The second-order valence-electron chi connectivity index (χ2n) is 3.38. The molecule has 5 heteroatoms. The molecular weight excluding hydrogens is 168 g/mol. The van der Waals surface area contributed by atoms with Crippen LogP contribution in [0.3, 0.4) is 0 Å². The SMILES string of the molecule is CNC(NC)(NC)C(C)(C)N[SiH3]. The Bertz CT molecular complexity index is 125. The van der Waals surface area contributed by atoms with E-state index in [0.717, 1.165) is 10.4 Å². The normalized spacial score (nSPS) is 13.8. The van der Waals surface area contributed by atoms with Crippen molar-refractivity contribution < 1.29 is 0 Å². The van der Waals surface area contributed by atoms with Crippen molar-refractivity contribution in [3.05, 3.63) is 0 Å². The summed E-state index contributed by atoms with van der Waals surface area (Å²) in [7, 11) is 6.79. The summed E-state index contributed by atoms with van der Waals surface area (Å²) in [6, 6.07) is 0. The number of rotatable bonds is 5. The average Bonchev–Trinajstić information content (AvgIpc) is 2.08. The van der Waals surface area contributed by atoms with Gasteiger partial charge in [0.05, 0.1) is 15.9 Å². The Morgan fingerprint density at radius 1 is 0.917 bits per heavy atom. The van der Waals surface area contributed by atoms with Crippen LogP contribution >= 0.6 is 0 Å². The lowest BCUT2D eigenvalue weighted by Crippen LogP contribution is -2.77. The van der Waals surface area contributed by atoms with Gasteiger partial charge in [0.2, 0.25) is 0 Å². The Morgan fingerprint density at radius 3 is 1.33 bits per heavy atom. The van der Waals surface area contributed by atoms with E-state index < -0.39 is 0 Å². The van der Waals surface area contributed by atoms with Crippen molar-refractivity contribution in [1.82, 2.24) is 20.9 Å². The molecular formula is C7H22N4Si. The van der Waals surface area contributed by atoms with Crippen molar-refractivity contribution in [1.29, 1.82) is 0 Å². The van der Waals surface area contributed by atoms with Gasteiger partial charge in [-0.05, 0) is 35.0 Å². The number of hydrogen-bond acceptors (Lipinski definition) is 4. The van der Waals surface area contributed by atoms with E-state index in [4.69, 9.17) is 0 Å². The Hall–Kier alpha value is 0.0569. The van der Waals surface area contributed by atoms with Gasteiger partial charge in [0, 0.05) is 0 Å². The fraction of sp³-hybridized carbons (Fsp3) is 1.00. The highest BCUT2D eigenvalue weighted by molar-refractivity contribution is 6.04. The summed E-state index contributed by atoms with van der Waals surface area (Å²) in [4.78, 5) is 3.39. The van der Waals surface area contributed by atoms with Gasteiger partial charge in [-0.1, -0.05) is 0 Å². The van der Waals surface area contributed by atoms with E-state index in [9.17, 15) is 0 Å². The van der Waals surface area contributed by atoms with Gasteiger partial charge in [-0.2, -0.15) is 0 Å². The van der Waals surface area contributed by atoms with Crippen LogP contribution in [0.25, 0.3) is 0 Å². The third-order valence-electron chi connectivity index (χ3n) is 2.69. The maximum Gasteiger partial charge on any atom is 0.140 e. The third kappa shape index (κ3) is 1.86. The molecule has 0 aromatic carbocycles. The molecule has 0 amide bonds. The smallest absolute Gasteiger partial charge is 0.140 e. The molecule has 0 atom stereocenters. The molecule has 4 nitrogen and oxygen atoms in total. The molecule has 0 unspecified atom stereocenters. The molecule has 0 fully saturated rings. The van der Waals surface area contributed by atoms with Gasteiger partial charge < -0.3 is 4.98 Å². The first-order valence-electron chi connectivity index (χ1n) is 4.25. The largest absolute Gasteiger partial charge is 0.337 e. The number of likely N-dealkylation sites (N-methyl/N-ethyl adjacent to an activating group) is 3. The van der Waals surface area contributed by atoms with E-state index in [1.165, 1.54) is 0 Å². The van der Waals surface area contributed by atoms with E-state index in [0.29, 0.717) is 0 Å². The Labute approximate surface area is 78.4 Å². The van der Waals surface area contributed by atoms with Gasteiger partial charge in [-0.3, -0.25) is 16.0 Å². The van der Waals surface area contributed by atoms with Crippen LogP contribution in [0.2, 0.25) is 0 Å². The first-order valence-corrected chi connectivity index (χ1v) is 5.25. The summed E-state index contributed by atoms with van der Waals surface area (Å²) in [5.74, 6) is -0.255. The fourth-order valence-electron chi connectivity index (χ4n) is 1.50. The first-order chi connectivity index (χ1) is 5.49. The molecule has 0 aliphatic carbocycles. The topological polar surface area (TPSA) is 48.1 Å². The lowest BCUT2D eigenvalue weighted by atomic mass is 9.96. The highest BCUT2D eigenvalue weighted by Crippen LogP contribution is 2.13. The Kier molecular flexibility index (Phi) is 4.36. The summed E-state index contributed by atoms with van der Waals surface area (Å²) in [6.45, 7) is 4.31. The standard InChI is InChI=1S/C7H22N4Si/c1-6(2,11-12)7(8-3,9-4)10-5/h8-11H,1-5,12H3. The van der Waals surface area contributed by atoms with Crippen LogP contribution < -0.4 is 20.9 Å². The molecule has 0 heterocycles. The van der Waals surface area contributed by atoms with Crippen LogP contribution in [0.4, 0.5) is 0 Å². The third-order valence-corrected chi connectivity index (χ3v) is 3.94. The lowest BCUT2D eigenvalue weighted by Gasteiger charge is -2.46. The van der Waals surface area contributed by atoms with Gasteiger partial charge in [0.25, 0.3) is 0 Å². The van der Waals surface area contributed by atoms with Crippen LogP contribution in [-0.2, 0) is 0 Å².